The van der Waals surface area contributed by atoms with Gasteiger partial charge in [-0.3, -0.25) is 14.5 Å². The van der Waals surface area contributed by atoms with Gasteiger partial charge in [-0.15, -0.1) is 0 Å². The minimum atomic E-state index is -0.663. The van der Waals surface area contributed by atoms with Gasteiger partial charge in [0.1, 0.15) is 11.4 Å². The minimum Gasteiger partial charge on any atom is -0.450 e. The van der Waals surface area contributed by atoms with Gasteiger partial charge in [-0.25, -0.2) is 4.39 Å². The number of hydrogen-bond acceptors (Lipinski definition) is 5. The SMILES string of the molecule is O=C1c2oc3ccccc3c(=O)c2C(c2cccc(F)c2)N1CCCN1CCOCC1. The number of carbonyl (C=O) groups is 1. The van der Waals surface area contributed by atoms with Crippen LogP contribution in [0.15, 0.2) is 57.7 Å². The summed E-state index contributed by atoms with van der Waals surface area (Å²) in [6.45, 7) is 4.43. The molecule has 0 saturated carbocycles. The Morgan fingerprint density at radius 2 is 1.81 bits per heavy atom. The van der Waals surface area contributed by atoms with Gasteiger partial charge in [-0.1, -0.05) is 24.3 Å². The fourth-order valence-electron chi connectivity index (χ4n) is 4.51. The van der Waals surface area contributed by atoms with Crippen LogP contribution in [0, 0.1) is 5.82 Å². The van der Waals surface area contributed by atoms with Crippen LogP contribution in [-0.4, -0.2) is 55.1 Å². The van der Waals surface area contributed by atoms with E-state index < -0.39 is 11.9 Å². The van der Waals surface area contributed by atoms with E-state index in [1.54, 1.807) is 41.3 Å². The Hall–Kier alpha value is -3.03. The molecule has 0 radical (unpaired) electrons. The number of carbonyl (C=O) groups excluding carboxylic acids is 1. The summed E-state index contributed by atoms with van der Waals surface area (Å²) in [4.78, 5) is 30.6. The van der Waals surface area contributed by atoms with E-state index in [0.29, 0.717) is 41.9 Å². The first kappa shape index (κ1) is 19.9. The first-order valence-corrected chi connectivity index (χ1v) is 10.6. The summed E-state index contributed by atoms with van der Waals surface area (Å²) < 4.78 is 25.3. The lowest BCUT2D eigenvalue weighted by molar-refractivity contribution is 0.0353. The second kappa shape index (κ2) is 8.24. The van der Waals surface area contributed by atoms with Gasteiger partial charge in [0.15, 0.2) is 5.43 Å². The van der Waals surface area contributed by atoms with Crippen molar-refractivity contribution in [1.29, 1.82) is 0 Å². The number of amides is 1. The topological polar surface area (TPSA) is 63.0 Å². The molecule has 160 valence electrons. The molecule has 1 aromatic heterocycles. The van der Waals surface area contributed by atoms with Crippen molar-refractivity contribution in [2.45, 2.75) is 12.5 Å². The van der Waals surface area contributed by atoms with E-state index in [2.05, 4.69) is 4.90 Å². The third kappa shape index (κ3) is 3.64. The van der Waals surface area contributed by atoms with Crippen LogP contribution in [0.4, 0.5) is 4.39 Å². The van der Waals surface area contributed by atoms with Gasteiger partial charge in [0.2, 0.25) is 5.76 Å². The lowest BCUT2D eigenvalue weighted by atomic mass is 9.98. The Labute approximate surface area is 178 Å². The quantitative estimate of drug-likeness (QED) is 0.632. The number of fused-ring (bicyclic) bond motifs is 2. The number of morpholine rings is 1. The summed E-state index contributed by atoms with van der Waals surface area (Å²) in [5.74, 6) is -0.671. The van der Waals surface area contributed by atoms with Gasteiger partial charge in [-0.05, 0) is 36.2 Å². The Morgan fingerprint density at radius 3 is 2.61 bits per heavy atom. The summed E-state index contributed by atoms with van der Waals surface area (Å²) in [7, 11) is 0. The Kier molecular flexibility index (Phi) is 5.29. The second-order valence-electron chi connectivity index (χ2n) is 7.93. The highest BCUT2D eigenvalue weighted by Crippen LogP contribution is 2.38. The molecule has 31 heavy (non-hydrogen) atoms. The molecule has 1 fully saturated rings. The summed E-state index contributed by atoms with van der Waals surface area (Å²) in [6, 6.07) is 12.3. The summed E-state index contributed by atoms with van der Waals surface area (Å²) in [5.41, 5.74) is 1.00. The molecule has 3 heterocycles. The van der Waals surface area contributed by atoms with Crippen LogP contribution in [-0.2, 0) is 4.74 Å². The third-order valence-electron chi connectivity index (χ3n) is 6.01. The van der Waals surface area contributed by atoms with Crippen LogP contribution in [0.25, 0.3) is 11.0 Å². The van der Waals surface area contributed by atoms with E-state index in [1.165, 1.54) is 12.1 Å². The van der Waals surface area contributed by atoms with Gasteiger partial charge >= 0.3 is 0 Å². The zero-order valence-electron chi connectivity index (χ0n) is 17.1. The Bertz CT molecular complexity index is 1190. The number of nitrogens with zero attached hydrogens (tertiary/aromatic N) is 2. The van der Waals surface area contributed by atoms with Crippen LogP contribution in [0.2, 0.25) is 0 Å². The fourth-order valence-corrected chi connectivity index (χ4v) is 4.51. The van der Waals surface area contributed by atoms with Crippen LogP contribution in [0.1, 0.15) is 34.1 Å². The van der Waals surface area contributed by atoms with Gasteiger partial charge in [0, 0.05) is 26.2 Å². The molecule has 1 saturated heterocycles. The van der Waals surface area contributed by atoms with Gasteiger partial charge < -0.3 is 14.1 Å². The van der Waals surface area contributed by atoms with Crippen LogP contribution in [0.5, 0.6) is 0 Å². The number of para-hydroxylation sites is 1. The highest BCUT2D eigenvalue weighted by atomic mass is 19.1. The van der Waals surface area contributed by atoms with E-state index in [1.807, 2.05) is 0 Å². The van der Waals surface area contributed by atoms with Crippen LogP contribution < -0.4 is 5.43 Å². The molecule has 5 rings (SSSR count). The van der Waals surface area contributed by atoms with Crippen molar-refractivity contribution < 1.29 is 18.3 Å². The first-order chi connectivity index (χ1) is 15.1. The van der Waals surface area contributed by atoms with Crippen molar-refractivity contribution in [1.82, 2.24) is 9.80 Å². The van der Waals surface area contributed by atoms with Gasteiger partial charge in [0.05, 0.1) is 30.2 Å². The third-order valence-corrected chi connectivity index (χ3v) is 6.01. The molecule has 6 nitrogen and oxygen atoms in total. The van der Waals surface area contributed by atoms with E-state index in [0.717, 1.165) is 26.1 Å². The lowest BCUT2D eigenvalue weighted by Gasteiger charge is -2.29. The molecule has 2 aromatic carbocycles. The molecule has 1 amide bonds. The molecule has 0 spiro atoms. The molecule has 0 bridgehead atoms. The van der Waals surface area contributed by atoms with Crippen molar-refractivity contribution in [2.75, 3.05) is 39.4 Å². The molecule has 0 aliphatic carbocycles. The molecule has 7 heteroatoms. The summed E-state index contributed by atoms with van der Waals surface area (Å²) >= 11 is 0. The molecule has 2 aliphatic heterocycles. The molecule has 1 unspecified atom stereocenters. The lowest BCUT2D eigenvalue weighted by Crippen LogP contribution is -2.38. The van der Waals surface area contributed by atoms with E-state index in [9.17, 15) is 14.0 Å². The predicted octanol–water partition coefficient (Wildman–Crippen LogP) is 3.20. The number of hydrogen-bond donors (Lipinski definition) is 0. The Morgan fingerprint density at radius 1 is 1.00 bits per heavy atom. The van der Waals surface area contributed by atoms with E-state index >= 15 is 0 Å². The van der Waals surface area contributed by atoms with Crippen molar-refractivity contribution in [2.24, 2.45) is 0 Å². The summed E-state index contributed by atoms with van der Waals surface area (Å²) in [5, 5.41) is 0.422. The van der Waals surface area contributed by atoms with E-state index in [-0.39, 0.29) is 17.1 Å². The first-order valence-electron chi connectivity index (χ1n) is 10.6. The molecule has 3 aromatic rings. The molecular weight excluding hydrogens is 399 g/mol. The largest absolute Gasteiger partial charge is 0.450 e. The maximum absolute atomic E-state index is 14.0. The highest BCUT2D eigenvalue weighted by Gasteiger charge is 2.42. The predicted molar refractivity (Wildman–Crippen MR) is 114 cm³/mol. The van der Waals surface area contributed by atoms with Gasteiger partial charge in [-0.2, -0.15) is 0 Å². The number of rotatable bonds is 5. The fraction of sp³-hybridized carbons (Fsp3) is 0.333. The van der Waals surface area contributed by atoms with Crippen molar-refractivity contribution >= 4 is 16.9 Å². The smallest absolute Gasteiger partial charge is 0.290 e. The molecule has 1 atom stereocenters. The zero-order valence-corrected chi connectivity index (χ0v) is 17.1. The monoisotopic (exact) mass is 422 g/mol. The van der Waals surface area contributed by atoms with Crippen molar-refractivity contribution in [3.63, 3.8) is 0 Å². The molecule has 0 N–H and O–H groups in total. The normalized spacial score (nSPS) is 19.2. The molecular formula is C24H23FN2O4. The summed E-state index contributed by atoms with van der Waals surface area (Å²) in [6.07, 6.45) is 0.735. The van der Waals surface area contributed by atoms with Gasteiger partial charge in [0.25, 0.3) is 5.91 Å². The average molecular weight is 422 g/mol. The Balaban J connectivity index is 1.53. The van der Waals surface area contributed by atoms with Crippen LogP contribution >= 0.6 is 0 Å². The number of benzene rings is 2. The van der Waals surface area contributed by atoms with Crippen LogP contribution in [0.3, 0.4) is 0 Å². The molecule has 2 aliphatic rings. The minimum absolute atomic E-state index is 0.0596. The maximum Gasteiger partial charge on any atom is 0.290 e. The van der Waals surface area contributed by atoms with Crippen molar-refractivity contribution in [3.8, 4) is 0 Å². The average Bonchev–Trinajstić information content (AvgIpc) is 3.07. The number of halogens is 1. The van der Waals surface area contributed by atoms with E-state index in [4.69, 9.17) is 9.15 Å². The highest BCUT2D eigenvalue weighted by molar-refractivity contribution is 5.99. The maximum atomic E-state index is 14.0. The van der Waals surface area contributed by atoms with Crippen molar-refractivity contribution in [3.05, 3.63) is 81.5 Å². The second-order valence-corrected chi connectivity index (χ2v) is 7.93. The number of ether oxygens (including phenoxy) is 1. The zero-order chi connectivity index (χ0) is 21.4. The standard InChI is InChI=1S/C24H23FN2O4/c25-17-6-3-5-16(15-17)21-20-22(28)18-7-1-2-8-19(18)31-23(20)24(29)27(21)10-4-9-26-11-13-30-14-12-26/h1-3,5-8,15,21H,4,9-14H2.